The smallest absolute Gasteiger partial charge is 0.307 e. The summed E-state index contributed by atoms with van der Waals surface area (Å²) in [5, 5.41) is 9.42. The molecule has 0 saturated carbocycles. The standard InChI is InChI=1S/C17H16BrFO2/c1-11-4-2-3-5-13(11)10-14(17(20)21)8-12-6-7-16(19)15(18)9-12/h2-7,9,14H,8,10H2,1H3,(H,20,21). The number of carbonyl (C=O) groups is 1. The van der Waals surface area contributed by atoms with Gasteiger partial charge in [-0.05, 0) is 64.5 Å². The normalized spacial score (nSPS) is 12.1. The van der Waals surface area contributed by atoms with Crippen molar-refractivity contribution in [3.05, 3.63) is 69.4 Å². The van der Waals surface area contributed by atoms with E-state index in [1.807, 2.05) is 31.2 Å². The van der Waals surface area contributed by atoms with Crippen molar-refractivity contribution in [2.75, 3.05) is 0 Å². The molecule has 0 bridgehead atoms. The Kier molecular flexibility index (Phi) is 5.12. The van der Waals surface area contributed by atoms with E-state index in [-0.39, 0.29) is 5.82 Å². The molecule has 0 saturated heterocycles. The van der Waals surface area contributed by atoms with Gasteiger partial charge in [-0.3, -0.25) is 4.79 Å². The van der Waals surface area contributed by atoms with Gasteiger partial charge in [-0.2, -0.15) is 0 Å². The molecule has 2 nitrogen and oxygen atoms in total. The Morgan fingerprint density at radius 1 is 1.24 bits per heavy atom. The molecule has 1 N–H and O–H groups in total. The summed E-state index contributed by atoms with van der Waals surface area (Å²) in [6, 6.07) is 12.4. The van der Waals surface area contributed by atoms with Gasteiger partial charge in [-0.1, -0.05) is 30.3 Å². The fraction of sp³-hybridized carbons (Fsp3) is 0.235. The minimum absolute atomic E-state index is 0.343. The van der Waals surface area contributed by atoms with Crippen LogP contribution in [-0.2, 0) is 17.6 Å². The summed E-state index contributed by atoms with van der Waals surface area (Å²) in [7, 11) is 0. The Hall–Kier alpha value is -1.68. The van der Waals surface area contributed by atoms with E-state index in [1.165, 1.54) is 6.07 Å². The van der Waals surface area contributed by atoms with Crippen LogP contribution in [0.5, 0.6) is 0 Å². The van der Waals surface area contributed by atoms with Crippen LogP contribution in [0.2, 0.25) is 0 Å². The number of hydrogen-bond donors (Lipinski definition) is 1. The summed E-state index contributed by atoms with van der Waals surface area (Å²) >= 11 is 3.13. The van der Waals surface area contributed by atoms with Gasteiger partial charge in [0.1, 0.15) is 5.82 Å². The summed E-state index contributed by atoms with van der Waals surface area (Å²) < 4.78 is 13.6. The first-order valence-electron chi connectivity index (χ1n) is 6.68. The van der Waals surface area contributed by atoms with Crippen LogP contribution in [0.15, 0.2) is 46.9 Å². The molecule has 0 aliphatic rings. The topological polar surface area (TPSA) is 37.3 Å². The Balaban J connectivity index is 2.18. The molecule has 1 atom stereocenters. The van der Waals surface area contributed by atoms with E-state index in [9.17, 15) is 14.3 Å². The average Bonchev–Trinajstić information content (AvgIpc) is 2.44. The third kappa shape index (κ3) is 4.14. The Bertz CT molecular complexity index is 655. The van der Waals surface area contributed by atoms with Crippen molar-refractivity contribution in [2.45, 2.75) is 19.8 Å². The molecule has 0 spiro atoms. The van der Waals surface area contributed by atoms with Gasteiger partial charge in [-0.15, -0.1) is 0 Å². The zero-order chi connectivity index (χ0) is 15.4. The lowest BCUT2D eigenvalue weighted by Crippen LogP contribution is -2.19. The van der Waals surface area contributed by atoms with E-state index in [2.05, 4.69) is 15.9 Å². The van der Waals surface area contributed by atoms with Crippen molar-refractivity contribution < 1.29 is 14.3 Å². The first kappa shape index (κ1) is 15.7. The summed E-state index contributed by atoms with van der Waals surface area (Å²) in [5.74, 6) is -1.70. The Morgan fingerprint density at radius 3 is 2.57 bits per heavy atom. The van der Waals surface area contributed by atoms with Crippen LogP contribution in [0.3, 0.4) is 0 Å². The largest absolute Gasteiger partial charge is 0.481 e. The maximum atomic E-state index is 13.2. The summed E-state index contributed by atoms with van der Waals surface area (Å²) in [4.78, 5) is 11.5. The predicted octanol–water partition coefficient (Wildman–Crippen LogP) is 4.38. The quantitative estimate of drug-likeness (QED) is 0.868. The van der Waals surface area contributed by atoms with Crippen LogP contribution in [0, 0.1) is 18.7 Å². The average molecular weight is 351 g/mol. The van der Waals surface area contributed by atoms with Crippen molar-refractivity contribution in [1.29, 1.82) is 0 Å². The number of aryl methyl sites for hydroxylation is 1. The van der Waals surface area contributed by atoms with E-state index < -0.39 is 11.9 Å². The zero-order valence-electron chi connectivity index (χ0n) is 11.6. The number of aliphatic carboxylic acids is 1. The van der Waals surface area contributed by atoms with Gasteiger partial charge < -0.3 is 5.11 Å². The molecule has 0 aromatic heterocycles. The number of rotatable bonds is 5. The second kappa shape index (κ2) is 6.85. The molecule has 4 heteroatoms. The van der Waals surface area contributed by atoms with Gasteiger partial charge in [0.05, 0.1) is 10.4 Å². The first-order valence-corrected chi connectivity index (χ1v) is 7.48. The molecule has 1 unspecified atom stereocenters. The van der Waals surface area contributed by atoms with E-state index in [4.69, 9.17) is 0 Å². The highest BCUT2D eigenvalue weighted by molar-refractivity contribution is 9.10. The fourth-order valence-corrected chi connectivity index (χ4v) is 2.73. The summed E-state index contributed by atoms with van der Waals surface area (Å²) in [5.41, 5.74) is 2.93. The lowest BCUT2D eigenvalue weighted by atomic mass is 9.91. The predicted molar refractivity (Wildman–Crippen MR) is 83.8 cm³/mol. The van der Waals surface area contributed by atoms with Crippen LogP contribution in [0.1, 0.15) is 16.7 Å². The van der Waals surface area contributed by atoms with Crippen molar-refractivity contribution in [3.8, 4) is 0 Å². The molecule has 0 fully saturated rings. The molecule has 2 rings (SSSR count). The van der Waals surface area contributed by atoms with Gasteiger partial charge >= 0.3 is 5.97 Å². The number of halogens is 2. The van der Waals surface area contributed by atoms with Gasteiger partial charge in [0.15, 0.2) is 0 Å². The number of carboxylic acid groups (broad SMARTS) is 1. The number of hydrogen-bond acceptors (Lipinski definition) is 1. The molecule has 2 aromatic carbocycles. The molecule has 0 amide bonds. The molecule has 110 valence electrons. The molecule has 0 aliphatic carbocycles. The second-order valence-corrected chi connectivity index (χ2v) is 5.97. The van der Waals surface area contributed by atoms with Gasteiger partial charge in [0.2, 0.25) is 0 Å². The third-order valence-electron chi connectivity index (χ3n) is 3.54. The SMILES string of the molecule is Cc1ccccc1CC(Cc1ccc(F)c(Br)c1)C(=O)O. The molecule has 21 heavy (non-hydrogen) atoms. The van der Waals surface area contributed by atoms with Crippen LogP contribution < -0.4 is 0 Å². The van der Waals surface area contributed by atoms with Crippen molar-refractivity contribution in [2.24, 2.45) is 5.92 Å². The zero-order valence-corrected chi connectivity index (χ0v) is 13.2. The number of carboxylic acids is 1. The lowest BCUT2D eigenvalue weighted by molar-refractivity contribution is -0.141. The van der Waals surface area contributed by atoms with Crippen LogP contribution in [-0.4, -0.2) is 11.1 Å². The van der Waals surface area contributed by atoms with Crippen molar-refractivity contribution >= 4 is 21.9 Å². The molecular formula is C17H16BrFO2. The molecule has 0 heterocycles. The van der Waals surface area contributed by atoms with Crippen LogP contribution >= 0.6 is 15.9 Å². The molecule has 2 aromatic rings. The summed E-state index contributed by atoms with van der Waals surface area (Å²) in [6.45, 7) is 1.97. The van der Waals surface area contributed by atoms with Gasteiger partial charge in [0.25, 0.3) is 0 Å². The molecule has 0 radical (unpaired) electrons. The molecule has 0 aliphatic heterocycles. The van der Waals surface area contributed by atoms with Gasteiger partial charge in [0, 0.05) is 0 Å². The maximum Gasteiger partial charge on any atom is 0.307 e. The van der Waals surface area contributed by atoms with Crippen LogP contribution in [0.25, 0.3) is 0 Å². The highest BCUT2D eigenvalue weighted by Gasteiger charge is 2.19. The minimum atomic E-state index is -0.835. The molecular weight excluding hydrogens is 335 g/mol. The summed E-state index contributed by atoms with van der Waals surface area (Å²) in [6.07, 6.45) is 0.847. The maximum absolute atomic E-state index is 13.2. The highest BCUT2D eigenvalue weighted by Crippen LogP contribution is 2.22. The van der Waals surface area contributed by atoms with E-state index in [1.54, 1.807) is 12.1 Å². The van der Waals surface area contributed by atoms with Gasteiger partial charge in [-0.25, -0.2) is 4.39 Å². The lowest BCUT2D eigenvalue weighted by Gasteiger charge is -2.14. The van der Waals surface area contributed by atoms with Crippen LogP contribution in [0.4, 0.5) is 4.39 Å². The van der Waals surface area contributed by atoms with Crippen molar-refractivity contribution in [3.63, 3.8) is 0 Å². The Morgan fingerprint density at radius 2 is 1.95 bits per heavy atom. The second-order valence-electron chi connectivity index (χ2n) is 5.12. The third-order valence-corrected chi connectivity index (χ3v) is 4.15. The van der Waals surface area contributed by atoms with E-state index in [0.29, 0.717) is 17.3 Å². The monoisotopic (exact) mass is 350 g/mol. The fourth-order valence-electron chi connectivity index (χ4n) is 2.30. The van der Waals surface area contributed by atoms with Crippen molar-refractivity contribution in [1.82, 2.24) is 0 Å². The van der Waals surface area contributed by atoms with E-state index in [0.717, 1.165) is 16.7 Å². The highest BCUT2D eigenvalue weighted by atomic mass is 79.9. The number of benzene rings is 2. The van der Waals surface area contributed by atoms with E-state index >= 15 is 0 Å². The Labute approximate surface area is 131 Å². The minimum Gasteiger partial charge on any atom is -0.481 e. The first-order chi connectivity index (χ1) is 9.97.